The van der Waals surface area contributed by atoms with E-state index in [2.05, 4.69) is 29.6 Å². The third kappa shape index (κ3) is 2.53. The highest BCUT2D eigenvalue weighted by molar-refractivity contribution is 5.79. The Hall–Kier alpha value is -2.82. The second-order valence-electron chi connectivity index (χ2n) is 8.62. The van der Waals surface area contributed by atoms with Crippen molar-refractivity contribution in [2.24, 2.45) is 10.8 Å². The molecule has 144 valence electrons. The number of nitrogens with one attached hydrogen (secondary N) is 1. The standard InChI is InChI=1S/C23H23NO4/c25-20(26)23-10-9-22(12-23,13-23)14-24-21(27)28-11-19-17-7-3-1-5-15(17)16-6-2-4-8-18(16)19/h1-8,19H,9-14H2,(H,24,27)(H,25,26). The van der Waals surface area contributed by atoms with Crippen LogP contribution in [-0.4, -0.2) is 30.3 Å². The Morgan fingerprint density at radius 1 is 1.00 bits per heavy atom. The molecule has 0 spiro atoms. The maximum atomic E-state index is 12.3. The topological polar surface area (TPSA) is 75.6 Å². The van der Waals surface area contributed by atoms with E-state index in [4.69, 9.17) is 4.74 Å². The second kappa shape index (κ2) is 6.09. The molecule has 6 rings (SSSR count). The van der Waals surface area contributed by atoms with Crippen LogP contribution in [0.5, 0.6) is 0 Å². The Morgan fingerprint density at radius 3 is 2.18 bits per heavy atom. The lowest BCUT2D eigenvalue weighted by Gasteiger charge is -2.44. The van der Waals surface area contributed by atoms with E-state index < -0.39 is 17.5 Å². The highest BCUT2D eigenvalue weighted by atomic mass is 16.5. The minimum Gasteiger partial charge on any atom is -0.481 e. The van der Waals surface area contributed by atoms with E-state index in [-0.39, 0.29) is 11.3 Å². The fraction of sp³-hybridized carbons (Fsp3) is 0.391. The molecule has 5 nitrogen and oxygen atoms in total. The van der Waals surface area contributed by atoms with Gasteiger partial charge in [0.15, 0.2) is 0 Å². The van der Waals surface area contributed by atoms with Crippen molar-refractivity contribution in [1.82, 2.24) is 5.32 Å². The van der Waals surface area contributed by atoms with Crippen LogP contribution in [0.25, 0.3) is 11.1 Å². The first-order chi connectivity index (χ1) is 13.5. The zero-order valence-corrected chi connectivity index (χ0v) is 15.6. The lowest BCUT2D eigenvalue weighted by atomic mass is 9.60. The maximum Gasteiger partial charge on any atom is 0.407 e. The number of carbonyl (C=O) groups excluding carboxylic acids is 1. The molecule has 28 heavy (non-hydrogen) atoms. The smallest absolute Gasteiger partial charge is 0.407 e. The van der Waals surface area contributed by atoms with Crippen molar-refractivity contribution < 1.29 is 19.4 Å². The predicted octanol–water partition coefficient (Wildman–Crippen LogP) is 4.17. The van der Waals surface area contributed by atoms with Gasteiger partial charge in [-0.3, -0.25) is 4.79 Å². The zero-order chi connectivity index (χ0) is 19.4. The van der Waals surface area contributed by atoms with Crippen LogP contribution in [0.15, 0.2) is 48.5 Å². The highest BCUT2D eigenvalue weighted by Gasteiger charge is 2.64. The van der Waals surface area contributed by atoms with Crippen LogP contribution in [0.4, 0.5) is 4.79 Å². The largest absolute Gasteiger partial charge is 0.481 e. The molecule has 3 saturated carbocycles. The number of benzene rings is 2. The van der Waals surface area contributed by atoms with Gasteiger partial charge in [0.25, 0.3) is 0 Å². The molecule has 0 aliphatic heterocycles. The summed E-state index contributed by atoms with van der Waals surface area (Å²) < 4.78 is 5.57. The van der Waals surface area contributed by atoms with Crippen molar-refractivity contribution in [3.8, 4) is 11.1 Å². The van der Waals surface area contributed by atoms with E-state index in [1.54, 1.807) is 0 Å². The van der Waals surface area contributed by atoms with Crippen molar-refractivity contribution in [3.63, 3.8) is 0 Å². The van der Waals surface area contributed by atoms with Crippen LogP contribution in [0.3, 0.4) is 0 Å². The van der Waals surface area contributed by atoms with Crippen molar-refractivity contribution in [2.75, 3.05) is 13.2 Å². The Bertz CT molecular complexity index is 915. The molecule has 1 amide bonds. The first-order valence-corrected chi connectivity index (χ1v) is 9.84. The minimum atomic E-state index is -0.693. The van der Waals surface area contributed by atoms with Gasteiger partial charge >= 0.3 is 12.1 Å². The Kier molecular flexibility index (Phi) is 3.76. The molecule has 2 N–H and O–H groups in total. The van der Waals surface area contributed by atoms with E-state index in [0.717, 1.165) is 6.42 Å². The van der Waals surface area contributed by atoms with E-state index in [1.807, 2.05) is 24.3 Å². The molecule has 0 radical (unpaired) electrons. The summed E-state index contributed by atoms with van der Waals surface area (Å²) in [5.41, 5.74) is 4.20. The van der Waals surface area contributed by atoms with E-state index in [9.17, 15) is 14.7 Å². The van der Waals surface area contributed by atoms with Crippen LogP contribution in [0.2, 0.25) is 0 Å². The summed E-state index contributed by atoms with van der Waals surface area (Å²) in [7, 11) is 0. The van der Waals surface area contributed by atoms with Crippen molar-refractivity contribution in [1.29, 1.82) is 0 Å². The third-order valence-electron chi connectivity index (χ3n) is 6.97. The molecule has 2 aromatic rings. The van der Waals surface area contributed by atoms with Gasteiger partial charge in [0.2, 0.25) is 0 Å². The molecular formula is C23H23NO4. The highest BCUT2D eigenvalue weighted by Crippen LogP contribution is 2.66. The van der Waals surface area contributed by atoms with Gasteiger partial charge < -0.3 is 15.2 Å². The Labute approximate surface area is 163 Å². The van der Waals surface area contributed by atoms with Gasteiger partial charge in [-0.1, -0.05) is 48.5 Å². The van der Waals surface area contributed by atoms with Crippen molar-refractivity contribution >= 4 is 12.1 Å². The fourth-order valence-corrected chi connectivity index (χ4v) is 5.62. The SMILES string of the molecule is O=C(NCC12CCC(C(=O)O)(C1)C2)OCC1c2ccccc2-c2ccccc21. The van der Waals surface area contributed by atoms with Crippen molar-refractivity contribution in [3.05, 3.63) is 59.7 Å². The molecule has 0 unspecified atom stereocenters. The number of hydrogen-bond acceptors (Lipinski definition) is 3. The van der Waals surface area contributed by atoms with Crippen LogP contribution < -0.4 is 5.32 Å². The Balaban J connectivity index is 1.21. The normalized spacial score (nSPS) is 26.9. The monoisotopic (exact) mass is 377 g/mol. The predicted molar refractivity (Wildman–Crippen MR) is 104 cm³/mol. The average Bonchev–Trinajstić information content (AvgIpc) is 3.34. The van der Waals surface area contributed by atoms with Gasteiger partial charge in [-0.05, 0) is 53.4 Å². The molecule has 0 saturated heterocycles. The molecular weight excluding hydrogens is 354 g/mol. The summed E-state index contributed by atoms with van der Waals surface area (Å²) in [4.78, 5) is 23.7. The second-order valence-corrected chi connectivity index (χ2v) is 8.62. The van der Waals surface area contributed by atoms with E-state index in [1.165, 1.54) is 22.3 Å². The number of rotatable bonds is 5. The number of carboxylic acids is 1. The molecule has 2 bridgehead atoms. The first kappa shape index (κ1) is 17.3. The summed E-state index contributed by atoms with van der Waals surface area (Å²) in [6, 6.07) is 16.5. The lowest BCUT2D eigenvalue weighted by Crippen LogP contribution is -2.48. The first-order valence-electron chi connectivity index (χ1n) is 9.84. The van der Waals surface area contributed by atoms with Crippen LogP contribution >= 0.6 is 0 Å². The van der Waals surface area contributed by atoms with Gasteiger partial charge in [0.1, 0.15) is 6.61 Å². The van der Waals surface area contributed by atoms with Gasteiger partial charge in [0.05, 0.1) is 5.41 Å². The number of ether oxygens (including phenoxy) is 1. The molecule has 0 atom stereocenters. The van der Waals surface area contributed by atoms with E-state index in [0.29, 0.717) is 32.4 Å². The number of fused-ring (bicyclic) bond motifs is 4. The van der Waals surface area contributed by atoms with E-state index >= 15 is 0 Å². The fourth-order valence-electron chi connectivity index (χ4n) is 5.62. The number of hydrogen-bond donors (Lipinski definition) is 2. The summed E-state index contributed by atoms with van der Waals surface area (Å²) in [6.45, 7) is 0.796. The number of alkyl carbamates (subject to hydrolysis) is 1. The van der Waals surface area contributed by atoms with Gasteiger partial charge in [-0.25, -0.2) is 4.79 Å². The molecule has 5 heteroatoms. The van der Waals surface area contributed by atoms with Gasteiger partial charge in [-0.15, -0.1) is 0 Å². The Morgan fingerprint density at radius 2 is 1.61 bits per heavy atom. The lowest BCUT2D eigenvalue weighted by molar-refractivity contribution is -0.156. The third-order valence-corrected chi connectivity index (χ3v) is 6.97. The van der Waals surface area contributed by atoms with Crippen LogP contribution in [0.1, 0.15) is 42.7 Å². The van der Waals surface area contributed by atoms with Gasteiger partial charge in [0, 0.05) is 12.5 Å². The molecule has 0 aromatic heterocycles. The molecule has 4 aliphatic carbocycles. The van der Waals surface area contributed by atoms with Crippen LogP contribution in [0, 0.1) is 10.8 Å². The summed E-state index contributed by atoms with van der Waals surface area (Å²) in [5, 5.41) is 12.2. The van der Waals surface area contributed by atoms with Gasteiger partial charge in [-0.2, -0.15) is 0 Å². The summed E-state index contributed by atoms with van der Waals surface area (Å²) in [5.74, 6) is -0.645. The molecule has 0 heterocycles. The van der Waals surface area contributed by atoms with Crippen LogP contribution in [-0.2, 0) is 9.53 Å². The number of carboxylic acid groups (broad SMARTS) is 1. The molecule has 2 aromatic carbocycles. The average molecular weight is 377 g/mol. The van der Waals surface area contributed by atoms with Crippen molar-refractivity contribution in [2.45, 2.75) is 31.6 Å². The number of amides is 1. The quantitative estimate of drug-likeness (QED) is 0.820. The maximum absolute atomic E-state index is 12.3. The number of aliphatic carboxylic acids is 1. The molecule has 4 aliphatic rings. The summed E-state index contributed by atoms with van der Waals surface area (Å²) in [6.07, 6.45) is 2.49. The summed E-state index contributed by atoms with van der Waals surface area (Å²) >= 11 is 0. The minimum absolute atomic E-state index is 0.0474. The number of carbonyl (C=O) groups is 2. The zero-order valence-electron chi connectivity index (χ0n) is 15.6. The molecule has 3 fully saturated rings.